The molecule has 1 fully saturated rings. The van der Waals surface area contributed by atoms with Crippen LogP contribution in [0.5, 0.6) is 0 Å². The maximum Gasteiger partial charge on any atom is 0.405 e. The zero-order valence-corrected chi connectivity index (χ0v) is 21.8. The summed E-state index contributed by atoms with van der Waals surface area (Å²) in [6, 6.07) is 13.2. The summed E-state index contributed by atoms with van der Waals surface area (Å²) in [5.74, 6) is 0.518. The highest BCUT2D eigenvalue weighted by Crippen LogP contribution is 2.29. The Morgan fingerprint density at radius 2 is 1.75 bits per heavy atom. The van der Waals surface area contributed by atoms with Crippen molar-refractivity contribution in [1.29, 1.82) is 0 Å². The quantitative estimate of drug-likeness (QED) is 0.267. The van der Waals surface area contributed by atoms with Gasteiger partial charge in [-0.2, -0.15) is 4.98 Å². The lowest BCUT2D eigenvalue weighted by molar-refractivity contribution is -0.121. The van der Waals surface area contributed by atoms with Gasteiger partial charge in [-0.1, -0.05) is 5.16 Å². The van der Waals surface area contributed by atoms with Crippen molar-refractivity contribution in [1.82, 2.24) is 20.1 Å². The van der Waals surface area contributed by atoms with E-state index in [-0.39, 0.29) is 42.8 Å². The Morgan fingerprint density at radius 3 is 2.48 bits per heavy atom. The Morgan fingerprint density at radius 1 is 0.975 bits per heavy atom. The largest absolute Gasteiger partial charge is 0.405 e. The first kappa shape index (κ1) is 27.3. The van der Waals surface area contributed by atoms with Crippen molar-refractivity contribution in [2.24, 2.45) is 5.92 Å². The maximum atomic E-state index is 13.4. The molecule has 1 aliphatic carbocycles. The fourth-order valence-electron chi connectivity index (χ4n) is 4.58. The Balaban J connectivity index is 1.34. The first-order chi connectivity index (χ1) is 19.4. The average molecular weight is 551 g/mol. The van der Waals surface area contributed by atoms with Crippen molar-refractivity contribution in [3.05, 3.63) is 78.2 Å². The molecule has 0 unspecified atom stereocenters. The van der Waals surface area contributed by atoms with Gasteiger partial charge in [-0.15, -0.1) is 4.39 Å². The van der Waals surface area contributed by atoms with Gasteiger partial charge in [0.25, 0.3) is 0 Å². The predicted molar refractivity (Wildman–Crippen MR) is 141 cm³/mol. The molecule has 0 saturated heterocycles. The summed E-state index contributed by atoms with van der Waals surface area (Å²) in [6.45, 7) is -0.00129. The molecular formula is C28H28F2N6O4. The van der Waals surface area contributed by atoms with E-state index in [2.05, 4.69) is 35.3 Å². The number of halogens is 2. The minimum Gasteiger partial charge on any atom is -0.381 e. The fraction of sp³-hybridized carbons (Fsp3) is 0.321. The molecule has 0 spiro atoms. The number of anilines is 3. The fourth-order valence-corrected chi connectivity index (χ4v) is 4.58. The number of carbonyl (C=O) groups excluding carboxylic acids is 1. The lowest BCUT2D eigenvalue weighted by Crippen LogP contribution is -2.29. The van der Waals surface area contributed by atoms with Crippen molar-refractivity contribution >= 4 is 23.2 Å². The van der Waals surface area contributed by atoms with Gasteiger partial charge in [0, 0.05) is 24.9 Å². The smallest absolute Gasteiger partial charge is 0.381 e. The summed E-state index contributed by atoms with van der Waals surface area (Å²) < 4.78 is 41.7. The summed E-state index contributed by atoms with van der Waals surface area (Å²) >= 11 is 0. The summed E-state index contributed by atoms with van der Waals surface area (Å²) in [5, 5.41) is 9.59. The van der Waals surface area contributed by atoms with Crippen LogP contribution in [0.1, 0.15) is 37.2 Å². The van der Waals surface area contributed by atoms with Gasteiger partial charge in [0.05, 0.1) is 18.4 Å². The van der Waals surface area contributed by atoms with Gasteiger partial charge in [0.2, 0.25) is 5.91 Å². The van der Waals surface area contributed by atoms with Crippen LogP contribution in [0.15, 0.2) is 59.3 Å². The number of carbonyl (C=O) groups is 1. The van der Waals surface area contributed by atoms with Gasteiger partial charge in [-0.05, 0) is 85.3 Å². The number of rotatable bonds is 10. The summed E-state index contributed by atoms with van der Waals surface area (Å²) in [4.78, 5) is 25.3. The third kappa shape index (κ3) is 7.21. The van der Waals surface area contributed by atoms with Crippen LogP contribution in [-0.2, 0) is 27.5 Å². The van der Waals surface area contributed by atoms with Gasteiger partial charge in [0.1, 0.15) is 24.1 Å². The van der Waals surface area contributed by atoms with E-state index in [0.717, 1.165) is 36.8 Å². The summed E-state index contributed by atoms with van der Waals surface area (Å²) in [7, 11) is 1.70. The van der Waals surface area contributed by atoms with Crippen molar-refractivity contribution in [3.63, 3.8) is 0 Å². The number of benzene rings is 1. The van der Waals surface area contributed by atoms with Gasteiger partial charge in [-0.3, -0.25) is 4.79 Å². The van der Waals surface area contributed by atoms with Crippen LogP contribution >= 0.6 is 0 Å². The molecule has 3 heterocycles. The Kier molecular flexibility index (Phi) is 8.67. The highest BCUT2D eigenvalue weighted by Gasteiger charge is 2.26. The first-order valence-electron chi connectivity index (χ1n) is 12.8. The maximum absolute atomic E-state index is 13.4. The third-order valence-electron chi connectivity index (χ3n) is 6.64. The van der Waals surface area contributed by atoms with Crippen molar-refractivity contribution in [2.75, 3.05) is 17.7 Å². The number of aromatic nitrogens is 4. The highest BCUT2D eigenvalue weighted by molar-refractivity contribution is 5.92. The SMILES string of the molecule is COC1CCC(C(=O)Nc2cc(-c3cc(COCc4noc(F)n4)nc(Nc4ccc(F)cc4)c3)ccn2)CC1. The van der Waals surface area contributed by atoms with E-state index in [4.69, 9.17) is 9.47 Å². The van der Waals surface area contributed by atoms with Gasteiger partial charge in [-0.25, -0.2) is 14.4 Å². The van der Waals surface area contributed by atoms with Gasteiger partial charge in [0.15, 0.2) is 5.82 Å². The molecule has 0 bridgehead atoms. The number of nitrogens with one attached hydrogen (secondary N) is 2. The van der Waals surface area contributed by atoms with Gasteiger partial charge >= 0.3 is 6.14 Å². The van der Waals surface area contributed by atoms with Crippen LogP contribution in [0.2, 0.25) is 0 Å². The number of hydrogen-bond donors (Lipinski definition) is 2. The molecule has 40 heavy (non-hydrogen) atoms. The predicted octanol–water partition coefficient (Wildman–Crippen LogP) is 5.41. The standard InChI is InChI=1S/C28H28F2N6O4/c1-38-23-8-2-17(3-9-23)27(37)34-24-13-18(10-11-31-24)19-12-22(15-39-16-26-35-28(30)40-36-26)33-25(14-19)32-21-6-4-20(29)5-7-21/h4-7,10-14,17,23H,2-3,8-9,15-16H2,1H3,(H,32,33)(H,31,34,37). The van der Waals surface area contributed by atoms with E-state index in [9.17, 15) is 13.6 Å². The van der Waals surface area contributed by atoms with E-state index in [0.29, 0.717) is 23.0 Å². The van der Waals surface area contributed by atoms with E-state index in [1.165, 1.54) is 12.1 Å². The van der Waals surface area contributed by atoms with E-state index < -0.39 is 6.14 Å². The van der Waals surface area contributed by atoms with Gasteiger partial charge < -0.3 is 24.6 Å². The number of hydrogen-bond acceptors (Lipinski definition) is 9. The van der Waals surface area contributed by atoms with Crippen molar-refractivity contribution in [3.8, 4) is 11.1 Å². The van der Waals surface area contributed by atoms with Crippen LogP contribution in [0, 0.1) is 17.9 Å². The molecule has 4 aromatic rings. The molecule has 10 nitrogen and oxygen atoms in total. The molecule has 0 aliphatic heterocycles. The molecule has 1 amide bonds. The molecular weight excluding hydrogens is 522 g/mol. The number of pyridine rings is 2. The molecule has 0 atom stereocenters. The van der Waals surface area contributed by atoms with E-state index >= 15 is 0 Å². The van der Waals surface area contributed by atoms with Crippen LogP contribution in [0.25, 0.3) is 11.1 Å². The Bertz CT molecular complexity index is 1440. The van der Waals surface area contributed by atoms with Crippen LogP contribution in [0.4, 0.5) is 26.1 Å². The normalized spacial score (nSPS) is 17.0. The second-order valence-corrected chi connectivity index (χ2v) is 9.45. The zero-order valence-electron chi connectivity index (χ0n) is 21.8. The lowest BCUT2D eigenvalue weighted by Gasteiger charge is -2.26. The van der Waals surface area contributed by atoms with E-state index in [1.54, 1.807) is 31.5 Å². The third-order valence-corrected chi connectivity index (χ3v) is 6.64. The summed E-state index contributed by atoms with van der Waals surface area (Å²) in [6.07, 6.45) is 4.06. The molecule has 5 rings (SSSR count). The molecule has 12 heteroatoms. The number of nitrogens with zero attached hydrogens (tertiary/aromatic N) is 4. The molecule has 208 valence electrons. The molecule has 1 saturated carbocycles. The molecule has 3 aromatic heterocycles. The summed E-state index contributed by atoms with van der Waals surface area (Å²) in [5.41, 5.74) is 2.77. The lowest BCUT2D eigenvalue weighted by atomic mass is 9.87. The monoisotopic (exact) mass is 550 g/mol. The molecule has 2 N–H and O–H groups in total. The molecule has 1 aromatic carbocycles. The minimum atomic E-state index is -1.03. The average Bonchev–Trinajstić information content (AvgIpc) is 3.39. The molecule has 1 aliphatic rings. The minimum absolute atomic E-state index is 0.0559. The van der Waals surface area contributed by atoms with Crippen molar-refractivity contribution in [2.45, 2.75) is 45.0 Å². The van der Waals surface area contributed by atoms with Crippen LogP contribution < -0.4 is 10.6 Å². The molecule has 0 radical (unpaired) electrons. The Hall–Kier alpha value is -4.29. The second kappa shape index (κ2) is 12.7. The van der Waals surface area contributed by atoms with Crippen molar-refractivity contribution < 1.29 is 27.6 Å². The number of methoxy groups -OCH3 is 1. The highest BCUT2D eigenvalue weighted by atomic mass is 19.1. The first-order valence-corrected chi connectivity index (χ1v) is 12.8. The second-order valence-electron chi connectivity index (χ2n) is 9.45. The number of ether oxygens (including phenoxy) is 2. The zero-order chi connectivity index (χ0) is 27.9. The topological polar surface area (TPSA) is 124 Å². The van der Waals surface area contributed by atoms with Crippen LogP contribution in [-0.4, -0.2) is 39.2 Å². The van der Waals surface area contributed by atoms with E-state index in [1.807, 2.05) is 18.2 Å². The number of amides is 1. The Labute approximate surface area is 229 Å². The van der Waals surface area contributed by atoms with Crippen LogP contribution in [0.3, 0.4) is 0 Å².